The Hall–Kier alpha value is -1.75. The number of thiazole rings is 1. The average Bonchev–Trinajstić information content (AvgIpc) is 3.10. The summed E-state index contributed by atoms with van der Waals surface area (Å²) in [4.78, 5) is 4.26. The first-order valence-corrected chi connectivity index (χ1v) is 8.34. The van der Waals surface area contributed by atoms with Crippen molar-refractivity contribution in [2.45, 2.75) is 34.1 Å². The quantitative estimate of drug-likeness (QED) is 0.767. The van der Waals surface area contributed by atoms with Gasteiger partial charge in [0.15, 0.2) is 11.5 Å². The molecule has 0 saturated heterocycles. The third kappa shape index (κ3) is 5.56. The topological polar surface area (TPSA) is 40.6 Å². The predicted molar refractivity (Wildman–Crippen MR) is 94.5 cm³/mol. The lowest BCUT2D eigenvalue weighted by Gasteiger charge is -2.13. The van der Waals surface area contributed by atoms with Crippen molar-refractivity contribution in [3.63, 3.8) is 0 Å². The summed E-state index contributed by atoms with van der Waals surface area (Å²) in [6.07, 6.45) is 1.25. The Morgan fingerprint density at radius 2 is 1.45 bits per heavy atom. The minimum absolute atomic E-state index is 0.592. The van der Waals surface area contributed by atoms with Crippen molar-refractivity contribution in [2.24, 2.45) is 0 Å². The second-order valence-electron chi connectivity index (χ2n) is 3.99. The first-order chi connectivity index (χ1) is 10.7. The summed E-state index contributed by atoms with van der Waals surface area (Å²) in [5, 5.41) is 1.97. The summed E-state index contributed by atoms with van der Waals surface area (Å²) in [7, 11) is 4.78. The summed E-state index contributed by atoms with van der Waals surface area (Å²) in [5.41, 5.74) is 3.63. The summed E-state index contributed by atoms with van der Waals surface area (Å²) in [6.45, 7) is 8.25. The molecular weight excluding hydrogens is 298 g/mol. The van der Waals surface area contributed by atoms with Crippen LogP contribution in [-0.2, 0) is 0 Å². The van der Waals surface area contributed by atoms with Gasteiger partial charge in [-0.25, -0.2) is 4.98 Å². The zero-order valence-corrected chi connectivity index (χ0v) is 15.4. The lowest BCUT2D eigenvalue weighted by Crippen LogP contribution is -1.95. The third-order valence-electron chi connectivity index (χ3n) is 2.39. The maximum atomic E-state index is 5.29. The highest BCUT2D eigenvalue weighted by atomic mass is 32.1. The van der Waals surface area contributed by atoms with Crippen molar-refractivity contribution in [1.29, 1.82) is 0 Å². The fourth-order valence-electron chi connectivity index (χ4n) is 1.58. The minimum atomic E-state index is 0.592. The standard InChI is InChI=1S/C12H13NO3S.C3H8.C2H6/c1-14-10-4-8(9-6-17-7-13-9)5-11(15-2)12(10)16-3;1-3-2;1-2/h4-7H,1-3H3;3H2,1-2H3;1-2H3. The van der Waals surface area contributed by atoms with E-state index in [2.05, 4.69) is 18.8 Å². The van der Waals surface area contributed by atoms with E-state index >= 15 is 0 Å². The Morgan fingerprint density at radius 1 is 0.955 bits per heavy atom. The molecule has 0 fully saturated rings. The molecule has 0 amide bonds. The van der Waals surface area contributed by atoms with E-state index in [9.17, 15) is 0 Å². The SMILES string of the molecule is CC.CCC.COc1cc(-c2cscn2)cc(OC)c1OC. The van der Waals surface area contributed by atoms with Crippen LogP contribution in [0.4, 0.5) is 0 Å². The number of nitrogens with zero attached hydrogens (tertiary/aromatic N) is 1. The zero-order chi connectivity index (χ0) is 17.0. The van der Waals surface area contributed by atoms with Gasteiger partial charge in [0.2, 0.25) is 5.75 Å². The molecule has 1 aromatic heterocycles. The molecule has 0 aliphatic heterocycles. The van der Waals surface area contributed by atoms with Gasteiger partial charge in [0.1, 0.15) is 0 Å². The molecule has 0 saturated carbocycles. The van der Waals surface area contributed by atoms with Crippen molar-refractivity contribution in [3.8, 4) is 28.5 Å². The Bertz CT molecular complexity index is 488. The van der Waals surface area contributed by atoms with Gasteiger partial charge in [0.05, 0.1) is 32.5 Å². The van der Waals surface area contributed by atoms with Gasteiger partial charge in [-0.05, 0) is 12.1 Å². The van der Waals surface area contributed by atoms with Gasteiger partial charge in [0.25, 0.3) is 0 Å². The van der Waals surface area contributed by atoms with Gasteiger partial charge in [-0.1, -0.05) is 34.1 Å². The number of benzene rings is 1. The van der Waals surface area contributed by atoms with Crippen molar-refractivity contribution in [1.82, 2.24) is 4.98 Å². The number of hydrogen-bond acceptors (Lipinski definition) is 5. The molecule has 4 nitrogen and oxygen atoms in total. The second-order valence-corrected chi connectivity index (χ2v) is 4.71. The Kier molecular flexibility index (Phi) is 10.9. The molecule has 0 spiro atoms. The highest BCUT2D eigenvalue weighted by Crippen LogP contribution is 2.40. The van der Waals surface area contributed by atoms with Crippen LogP contribution in [0.2, 0.25) is 0 Å². The van der Waals surface area contributed by atoms with E-state index in [1.807, 2.05) is 31.4 Å². The number of rotatable bonds is 4. The van der Waals surface area contributed by atoms with Crippen LogP contribution in [0.5, 0.6) is 17.2 Å². The van der Waals surface area contributed by atoms with Gasteiger partial charge >= 0.3 is 0 Å². The van der Waals surface area contributed by atoms with Crippen LogP contribution < -0.4 is 14.2 Å². The van der Waals surface area contributed by atoms with E-state index in [4.69, 9.17) is 14.2 Å². The molecule has 0 atom stereocenters. The van der Waals surface area contributed by atoms with E-state index in [0.29, 0.717) is 17.2 Å². The van der Waals surface area contributed by atoms with E-state index in [-0.39, 0.29) is 0 Å². The van der Waals surface area contributed by atoms with Crippen LogP contribution in [0.15, 0.2) is 23.0 Å². The summed E-state index contributed by atoms with van der Waals surface area (Å²) in [5.74, 6) is 1.86. The summed E-state index contributed by atoms with van der Waals surface area (Å²) in [6, 6.07) is 3.77. The van der Waals surface area contributed by atoms with Crippen LogP contribution in [0.1, 0.15) is 34.1 Å². The van der Waals surface area contributed by atoms with E-state index in [1.54, 1.807) is 38.2 Å². The maximum absolute atomic E-state index is 5.29. The smallest absolute Gasteiger partial charge is 0.203 e. The largest absolute Gasteiger partial charge is 0.493 e. The lowest BCUT2D eigenvalue weighted by atomic mass is 10.1. The van der Waals surface area contributed by atoms with Crippen molar-refractivity contribution >= 4 is 11.3 Å². The number of methoxy groups -OCH3 is 3. The molecule has 2 rings (SSSR count). The molecule has 5 heteroatoms. The molecule has 0 bridgehead atoms. The van der Waals surface area contributed by atoms with Crippen LogP contribution in [0, 0.1) is 0 Å². The number of aromatic nitrogens is 1. The zero-order valence-electron chi connectivity index (χ0n) is 14.6. The molecule has 1 heterocycles. The number of ether oxygens (including phenoxy) is 3. The lowest BCUT2D eigenvalue weighted by molar-refractivity contribution is 0.324. The molecule has 0 aliphatic rings. The summed E-state index contributed by atoms with van der Waals surface area (Å²) >= 11 is 1.55. The van der Waals surface area contributed by atoms with Gasteiger partial charge < -0.3 is 14.2 Å². The highest BCUT2D eigenvalue weighted by molar-refractivity contribution is 7.07. The average molecular weight is 325 g/mol. The van der Waals surface area contributed by atoms with Gasteiger partial charge in [0, 0.05) is 10.9 Å². The first-order valence-electron chi connectivity index (χ1n) is 7.40. The Balaban J connectivity index is 0.000000789. The van der Waals surface area contributed by atoms with E-state index < -0.39 is 0 Å². The molecule has 0 aliphatic carbocycles. The first kappa shape index (κ1) is 20.2. The third-order valence-corrected chi connectivity index (χ3v) is 2.98. The van der Waals surface area contributed by atoms with Crippen molar-refractivity contribution in [2.75, 3.05) is 21.3 Å². The molecule has 124 valence electrons. The fourth-order valence-corrected chi connectivity index (χ4v) is 2.15. The van der Waals surface area contributed by atoms with Gasteiger partial charge in [-0.2, -0.15) is 0 Å². The monoisotopic (exact) mass is 325 g/mol. The van der Waals surface area contributed by atoms with Crippen molar-refractivity contribution < 1.29 is 14.2 Å². The van der Waals surface area contributed by atoms with Gasteiger partial charge in [-0.15, -0.1) is 11.3 Å². The number of hydrogen-bond donors (Lipinski definition) is 0. The Morgan fingerprint density at radius 3 is 1.77 bits per heavy atom. The molecule has 0 N–H and O–H groups in total. The predicted octanol–water partition coefficient (Wildman–Crippen LogP) is 5.28. The minimum Gasteiger partial charge on any atom is -0.493 e. The van der Waals surface area contributed by atoms with E-state index in [0.717, 1.165) is 11.3 Å². The molecule has 1 aromatic carbocycles. The normalized spacial score (nSPS) is 8.86. The van der Waals surface area contributed by atoms with Crippen LogP contribution >= 0.6 is 11.3 Å². The maximum Gasteiger partial charge on any atom is 0.203 e. The second kappa shape index (κ2) is 11.9. The molecular formula is C17H27NO3S. The molecule has 0 radical (unpaired) electrons. The van der Waals surface area contributed by atoms with Crippen LogP contribution in [0.25, 0.3) is 11.3 Å². The molecule has 2 aromatic rings. The van der Waals surface area contributed by atoms with Crippen LogP contribution in [-0.4, -0.2) is 26.3 Å². The van der Waals surface area contributed by atoms with Crippen LogP contribution in [0.3, 0.4) is 0 Å². The van der Waals surface area contributed by atoms with Gasteiger partial charge in [-0.3, -0.25) is 0 Å². The highest BCUT2D eigenvalue weighted by Gasteiger charge is 2.14. The Labute approximate surface area is 138 Å². The fraction of sp³-hybridized carbons (Fsp3) is 0.471. The summed E-state index contributed by atoms with van der Waals surface area (Å²) < 4.78 is 15.8. The molecule has 0 unspecified atom stereocenters. The van der Waals surface area contributed by atoms with Crippen molar-refractivity contribution in [3.05, 3.63) is 23.0 Å². The molecule has 22 heavy (non-hydrogen) atoms. The van der Waals surface area contributed by atoms with E-state index in [1.165, 1.54) is 6.42 Å².